The molecule has 0 aromatic rings. The molecule has 3 heteroatoms. The van der Waals surface area contributed by atoms with Crippen molar-refractivity contribution in [2.24, 2.45) is 17.8 Å². The second-order valence-corrected chi connectivity index (χ2v) is 4.99. The molecule has 1 aliphatic rings. The Morgan fingerprint density at radius 3 is 2.53 bits per heavy atom. The molecule has 0 radical (unpaired) electrons. The van der Waals surface area contributed by atoms with E-state index in [1.165, 1.54) is 6.42 Å². The summed E-state index contributed by atoms with van der Waals surface area (Å²) in [5.74, 6) is 1.62. The standard InChI is InChI=1S/C12H24N2O/c1-8-5-6-11(10(8)3)14-12(15)9(2)7-13-4/h8-11,13H,5-7H2,1-4H3,(H,14,15). The van der Waals surface area contributed by atoms with Crippen LogP contribution < -0.4 is 10.6 Å². The monoisotopic (exact) mass is 212 g/mol. The fraction of sp³-hybridized carbons (Fsp3) is 0.917. The molecule has 4 atom stereocenters. The molecule has 0 heterocycles. The lowest BCUT2D eigenvalue weighted by atomic mass is 9.97. The van der Waals surface area contributed by atoms with Gasteiger partial charge in [-0.05, 0) is 31.7 Å². The molecule has 0 aromatic carbocycles. The number of hydrogen-bond acceptors (Lipinski definition) is 2. The summed E-state index contributed by atoms with van der Waals surface area (Å²) >= 11 is 0. The second kappa shape index (κ2) is 5.50. The number of carbonyl (C=O) groups excluding carboxylic acids is 1. The first-order valence-electron chi connectivity index (χ1n) is 6.01. The number of hydrogen-bond donors (Lipinski definition) is 2. The minimum Gasteiger partial charge on any atom is -0.353 e. The molecule has 0 aromatic heterocycles. The van der Waals surface area contributed by atoms with Gasteiger partial charge in [0.2, 0.25) is 5.91 Å². The van der Waals surface area contributed by atoms with Crippen molar-refractivity contribution in [3.8, 4) is 0 Å². The lowest BCUT2D eigenvalue weighted by molar-refractivity contribution is -0.125. The van der Waals surface area contributed by atoms with E-state index in [4.69, 9.17) is 0 Å². The number of carbonyl (C=O) groups is 1. The largest absolute Gasteiger partial charge is 0.353 e. The van der Waals surface area contributed by atoms with Crippen LogP contribution in [0, 0.1) is 17.8 Å². The predicted octanol–water partition coefficient (Wildman–Crippen LogP) is 1.39. The van der Waals surface area contributed by atoms with Gasteiger partial charge in [0.05, 0.1) is 0 Å². The van der Waals surface area contributed by atoms with Crippen LogP contribution in [0.1, 0.15) is 33.6 Å². The highest BCUT2D eigenvalue weighted by atomic mass is 16.1. The summed E-state index contributed by atoms with van der Waals surface area (Å²) in [6, 6.07) is 0.395. The van der Waals surface area contributed by atoms with Crippen LogP contribution >= 0.6 is 0 Å². The van der Waals surface area contributed by atoms with Gasteiger partial charge in [-0.3, -0.25) is 4.79 Å². The fourth-order valence-electron chi connectivity index (χ4n) is 2.29. The van der Waals surface area contributed by atoms with E-state index in [1.807, 2.05) is 14.0 Å². The predicted molar refractivity (Wildman–Crippen MR) is 62.6 cm³/mol. The minimum absolute atomic E-state index is 0.0677. The molecule has 0 bridgehead atoms. The van der Waals surface area contributed by atoms with Crippen LogP contribution in [0.4, 0.5) is 0 Å². The number of amides is 1. The molecule has 4 unspecified atom stereocenters. The summed E-state index contributed by atoms with van der Waals surface area (Å²) in [6.07, 6.45) is 2.38. The van der Waals surface area contributed by atoms with Gasteiger partial charge in [-0.25, -0.2) is 0 Å². The summed E-state index contributed by atoms with van der Waals surface area (Å²) in [5, 5.41) is 6.20. The van der Waals surface area contributed by atoms with Gasteiger partial charge in [-0.2, -0.15) is 0 Å². The van der Waals surface area contributed by atoms with E-state index in [9.17, 15) is 4.79 Å². The molecule has 0 spiro atoms. The summed E-state index contributed by atoms with van der Waals surface area (Å²) in [4.78, 5) is 11.8. The van der Waals surface area contributed by atoms with Crippen molar-refractivity contribution in [3.05, 3.63) is 0 Å². The van der Waals surface area contributed by atoms with Crippen LogP contribution in [-0.4, -0.2) is 25.5 Å². The van der Waals surface area contributed by atoms with Crippen LogP contribution in [0.3, 0.4) is 0 Å². The average Bonchev–Trinajstić information content (AvgIpc) is 2.50. The molecule has 0 aliphatic heterocycles. The van der Waals surface area contributed by atoms with Crippen molar-refractivity contribution in [2.45, 2.75) is 39.7 Å². The lowest BCUT2D eigenvalue weighted by Gasteiger charge is -2.21. The van der Waals surface area contributed by atoms with E-state index in [1.54, 1.807) is 0 Å². The van der Waals surface area contributed by atoms with Gasteiger partial charge in [0.15, 0.2) is 0 Å². The van der Waals surface area contributed by atoms with Gasteiger partial charge in [0.25, 0.3) is 0 Å². The van der Waals surface area contributed by atoms with E-state index >= 15 is 0 Å². The Morgan fingerprint density at radius 1 is 1.40 bits per heavy atom. The van der Waals surface area contributed by atoms with Gasteiger partial charge in [-0.1, -0.05) is 20.8 Å². The van der Waals surface area contributed by atoms with Crippen molar-refractivity contribution in [1.29, 1.82) is 0 Å². The average molecular weight is 212 g/mol. The van der Waals surface area contributed by atoms with Crippen molar-refractivity contribution in [3.63, 3.8) is 0 Å². The van der Waals surface area contributed by atoms with Crippen molar-refractivity contribution < 1.29 is 4.79 Å². The third kappa shape index (κ3) is 3.20. The highest BCUT2D eigenvalue weighted by Gasteiger charge is 2.31. The lowest BCUT2D eigenvalue weighted by Crippen LogP contribution is -2.42. The molecule has 1 amide bonds. The van der Waals surface area contributed by atoms with E-state index in [2.05, 4.69) is 24.5 Å². The summed E-state index contributed by atoms with van der Waals surface area (Å²) in [7, 11) is 1.88. The van der Waals surface area contributed by atoms with Crippen LogP contribution in [0.2, 0.25) is 0 Å². The molecule has 15 heavy (non-hydrogen) atoms. The maximum absolute atomic E-state index is 11.8. The number of rotatable bonds is 4. The van der Waals surface area contributed by atoms with Crippen LogP contribution in [0.15, 0.2) is 0 Å². The smallest absolute Gasteiger partial charge is 0.224 e. The molecule has 3 nitrogen and oxygen atoms in total. The van der Waals surface area contributed by atoms with Crippen LogP contribution in [-0.2, 0) is 4.79 Å². The van der Waals surface area contributed by atoms with E-state index < -0.39 is 0 Å². The van der Waals surface area contributed by atoms with Crippen molar-refractivity contribution in [2.75, 3.05) is 13.6 Å². The molecule has 2 N–H and O–H groups in total. The maximum Gasteiger partial charge on any atom is 0.224 e. The Hall–Kier alpha value is -0.570. The highest BCUT2D eigenvalue weighted by Crippen LogP contribution is 2.31. The van der Waals surface area contributed by atoms with E-state index in [0.29, 0.717) is 12.0 Å². The Bertz CT molecular complexity index is 218. The minimum atomic E-state index is 0.0677. The first-order chi connectivity index (χ1) is 7.06. The Morgan fingerprint density at radius 2 is 2.07 bits per heavy atom. The zero-order chi connectivity index (χ0) is 11.4. The first-order valence-corrected chi connectivity index (χ1v) is 6.01. The highest BCUT2D eigenvalue weighted by molar-refractivity contribution is 5.78. The summed E-state index contributed by atoms with van der Waals surface area (Å²) in [5.41, 5.74) is 0. The van der Waals surface area contributed by atoms with E-state index in [0.717, 1.165) is 18.9 Å². The molecule has 1 aliphatic carbocycles. The fourth-order valence-corrected chi connectivity index (χ4v) is 2.29. The van der Waals surface area contributed by atoms with Gasteiger partial charge >= 0.3 is 0 Å². The molecular formula is C12H24N2O. The maximum atomic E-state index is 11.8. The molecular weight excluding hydrogens is 188 g/mol. The van der Waals surface area contributed by atoms with Crippen molar-refractivity contribution >= 4 is 5.91 Å². The molecule has 1 rings (SSSR count). The summed E-state index contributed by atoms with van der Waals surface area (Å²) in [6.45, 7) is 7.23. The Balaban J connectivity index is 2.38. The SMILES string of the molecule is CNCC(C)C(=O)NC1CCC(C)C1C. The molecule has 1 saturated carbocycles. The third-order valence-corrected chi connectivity index (χ3v) is 3.75. The zero-order valence-corrected chi connectivity index (χ0v) is 10.3. The second-order valence-electron chi connectivity index (χ2n) is 4.99. The number of nitrogens with one attached hydrogen (secondary N) is 2. The topological polar surface area (TPSA) is 41.1 Å². The normalized spacial score (nSPS) is 32.7. The van der Waals surface area contributed by atoms with Gasteiger partial charge in [0, 0.05) is 18.5 Å². The van der Waals surface area contributed by atoms with E-state index in [-0.39, 0.29) is 11.8 Å². The van der Waals surface area contributed by atoms with Gasteiger partial charge < -0.3 is 10.6 Å². The molecule has 1 fully saturated rings. The van der Waals surface area contributed by atoms with Crippen LogP contribution in [0.25, 0.3) is 0 Å². The third-order valence-electron chi connectivity index (χ3n) is 3.75. The Labute approximate surface area is 93.0 Å². The van der Waals surface area contributed by atoms with Gasteiger partial charge in [-0.15, -0.1) is 0 Å². The first kappa shape index (κ1) is 12.5. The van der Waals surface area contributed by atoms with Gasteiger partial charge in [0.1, 0.15) is 0 Å². The van der Waals surface area contributed by atoms with Crippen LogP contribution in [0.5, 0.6) is 0 Å². The quantitative estimate of drug-likeness (QED) is 0.739. The van der Waals surface area contributed by atoms with Crippen molar-refractivity contribution in [1.82, 2.24) is 10.6 Å². The molecule has 0 saturated heterocycles. The zero-order valence-electron chi connectivity index (χ0n) is 10.3. The Kier molecular flexibility index (Phi) is 4.58. The summed E-state index contributed by atoms with van der Waals surface area (Å²) < 4.78 is 0. The molecule has 88 valence electrons.